The Bertz CT molecular complexity index is 927. The minimum Gasteiger partial charge on any atom is -0.376 e. The Morgan fingerprint density at radius 1 is 1.07 bits per heavy atom. The van der Waals surface area contributed by atoms with Gasteiger partial charge in [-0.1, -0.05) is 54.2 Å². The number of fused-ring (bicyclic) bond motifs is 1. The molecule has 0 spiro atoms. The van der Waals surface area contributed by atoms with E-state index in [0.29, 0.717) is 12.3 Å². The highest BCUT2D eigenvalue weighted by Crippen LogP contribution is 2.30. The number of rotatable bonds is 6. The number of nitrogens with one attached hydrogen (secondary N) is 1. The molecule has 5 nitrogen and oxygen atoms in total. The third kappa shape index (κ3) is 4.46. The topological polar surface area (TPSA) is 64.1 Å². The van der Waals surface area contributed by atoms with Gasteiger partial charge >= 0.3 is 0 Å². The van der Waals surface area contributed by atoms with Gasteiger partial charge in [-0.3, -0.25) is 4.79 Å². The van der Waals surface area contributed by atoms with E-state index in [4.69, 9.17) is 14.7 Å². The lowest BCUT2D eigenvalue weighted by atomic mass is 10.1. The zero-order valence-electron chi connectivity index (χ0n) is 14.9. The van der Waals surface area contributed by atoms with Crippen molar-refractivity contribution < 1.29 is 9.53 Å². The molecule has 1 aliphatic rings. The number of carbonyl (C=O) groups excluding carboxylic acids is 1. The Morgan fingerprint density at radius 3 is 2.56 bits per heavy atom. The molecule has 1 aromatic heterocycles. The highest BCUT2D eigenvalue weighted by molar-refractivity contribution is 8.00. The number of hydrogen-bond donors (Lipinski definition) is 1. The molecule has 3 aromatic rings. The van der Waals surface area contributed by atoms with Crippen LogP contribution in [0.4, 0.5) is 0 Å². The van der Waals surface area contributed by atoms with Gasteiger partial charge in [-0.05, 0) is 25.0 Å². The number of carbonyl (C=O) groups is 1. The molecule has 1 fully saturated rings. The molecule has 1 N–H and O–H groups in total. The van der Waals surface area contributed by atoms with Gasteiger partial charge in [-0.25, -0.2) is 9.97 Å². The van der Waals surface area contributed by atoms with E-state index in [-0.39, 0.29) is 12.0 Å². The van der Waals surface area contributed by atoms with E-state index in [1.165, 1.54) is 11.8 Å². The van der Waals surface area contributed by atoms with E-state index < -0.39 is 0 Å². The summed E-state index contributed by atoms with van der Waals surface area (Å²) in [5.41, 5.74) is 3.49. The number of para-hydroxylation sites is 2. The van der Waals surface area contributed by atoms with E-state index in [1.54, 1.807) is 0 Å². The number of hydrogen-bond acceptors (Lipinski definition) is 5. The number of ether oxygens (including phenoxy) is 1. The molecule has 1 amide bonds. The molecule has 2 aromatic carbocycles. The molecule has 1 atom stereocenters. The summed E-state index contributed by atoms with van der Waals surface area (Å²) in [5, 5.41) is 3.73. The Morgan fingerprint density at radius 2 is 1.81 bits per heavy atom. The first kappa shape index (κ1) is 17.9. The van der Waals surface area contributed by atoms with Crippen molar-refractivity contribution in [2.75, 3.05) is 18.9 Å². The van der Waals surface area contributed by atoms with Crippen LogP contribution in [-0.2, 0) is 9.53 Å². The van der Waals surface area contributed by atoms with E-state index in [0.717, 1.165) is 46.8 Å². The van der Waals surface area contributed by atoms with E-state index in [1.807, 2.05) is 54.6 Å². The normalized spacial score (nSPS) is 16.5. The molecule has 1 aliphatic heterocycles. The molecule has 0 radical (unpaired) electrons. The standard InChI is InChI=1S/C21H21N3O2S/c25-19(22-13-16-9-6-12-26-16)14-27-21-20(15-7-2-1-3-8-15)23-17-10-4-5-11-18(17)24-21/h1-5,7-8,10-11,16H,6,9,12-14H2,(H,22,25)/t16-/m0/s1. The predicted molar refractivity (Wildman–Crippen MR) is 108 cm³/mol. The molecule has 0 saturated carbocycles. The molecule has 138 valence electrons. The monoisotopic (exact) mass is 379 g/mol. The zero-order chi connectivity index (χ0) is 18.5. The van der Waals surface area contributed by atoms with Crippen molar-refractivity contribution >= 4 is 28.7 Å². The average Bonchev–Trinajstić information content (AvgIpc) is 3.24. The Hall–Kier alpha value is -2.44. The van der Waals surface area contributed by atoms with Crippen LogP contribution in [0.3, 0.4) is 0 Å². The predicted octanol–water partition coefficient (Wildman–Crippen LogP) is 3.68. The van der Waals surface area contributed by atoms with Crippen LogP contribution in [0.15, 0.2) is 59.6 Å². The lowest BCUT2D eigenvalue weighted by Crippen LogP contribution is -2.32. The molecule has 0 aliphatic carbocycles. The fraction of sp³-hybridized carbons (Fsp3) is 0.286. The average molecular weight is 379 g/mol. The van der Waals surface area contributed by atoms with Crippen molar-refractivity contribution in [1.29, 1.82) is 0 Å². The van der Waals surface area contributed by atoms with Crippen LogP contribution >= 0.6 is 11.8 Å². The van der Waals surface area contributed by atoms with E-state index in [2.05, 4.69) is 5.32 Å². The molecule has 1 saturated heterocycles. The molecule has 4 rings (SSSR count). The van der Waals surface area contributed by atoms with Gasteiger partial charge in [0, 0.05) is 18.7 Å². The smallest absolute Gasteiger partial charge is 0.230 e. The van der Waals surface area contributed by atoms with Crippen LogP contribution in [0.2, 0.25) is 0 Å². The summed E-state index contributed by atoms with van der Waals surface area (Å²) < 4.78 is 5.55. The maximum absolute atomic E-state index is 12.2. The largest absolute Gasteiger partial charge is 0.376 e. The molecule has 27 heavy (non-hydrogen) atoms. The van der Waals surface area contributed by atoms with Crippen molar-refractivity contribution in [3.63, 3.8) is 0 Å². The van der Waals surface area contributed by atoms with Crippen LogP contribution < -0.4 is 5.32 Å². The summed E-state index contributed by atoms with van der Waals surface area (Å²) >= 11 is 1.42. The van der Waals surface area contributed by atoms with Crippen LogP contribution in [0.25, 0.3) is 22.3 Å². The number of amides is 1. The quantitative estimate of drug-likeness (QED) is 0.662. The maximum atomic E-state index is 12.2. The van der Waals surface area contributed by atoms with Gasteiger partial charge < -0.3 is 10.1 Å². The lowest BCUT2D eigenvalue weighted by Gasteiger charge is -2.12. The fourth-order valence-corrected chi connectivity index (χ4v) is 3.92. The van der Waals surface area contributed by atoms with Gasteiger partial charge in [-0.2, -0.15) is 0 Å². The third-order valence-corrected chi connectivity index (χ3v) is 5.44. The summed E-state index contributed by atoms with van der Waals surface area (Å²) in [6.07, 6.45) is 2.24. The first-order valence-electron chi connectivity index (χ1n) is 9.13. The maximum Gasteiger partial charge on any atom is 0.230 e. The summed E-state index contributed by atoms with van der Waals surface area (Å²) in [4.78, 5) is 21.8. The molecular formula is C21H21N3O2S. The summed E-state index contributed by atoms with van der Waals surface area (Å²) in [5.74, 6) is 0.295. The van der Waals surface area contributed by atoms with Gasteiger partial charge in [0.05, 0.1) is 22.9 Å². The van der Waals surface area contributed by atoms with Crippen molar-refractivity contribution in [2.24, 2.45) is 0 Å². The minimum absolute atomic E-state index is 0.00975. The molecule has 2 heterocycles. The summed E-state index contributed by atoms with van der Waals surface area (Å²) in [6.45, 7) is 1.37. The van der Waals surface area contributed by atoms with Crippen LogP contribution in [0.5, 0.6) is 0 Å². The van der Waals surface area contributed by atoms with Crippen LogP contribution in [0, 0.1) is 0 Å². The van der Waals surface area contributed by atoms with E-state index >= 15 is 0 Å². The summed E-state index contributed by atoms with van der Waals surface area (Å²) in [7, 11) is 0. The Labute approximate surface area is 162 Å². The van der Waals surface area contributed by atoms with Crippen LogP contribution in [-0.4, -0.2) is 40.9 Å². The number of nitrogens with zero attached hydrogens (tertiary/aromatic N) is 2. The Balaban J connectivity index is 1.51. The van der Waals surface area contributed by atoms with Gasteiger partial charge in [0.1, 0.15) is 10.7 Å². The zero-order valence-corrected chi connectivity index (χ0v) is 15.7. The first-order valence-corrected chi connectivity index (χ1v) is 10.1. The lowest BCUT2D eigenvalue weighted by molar-refractivity contribution is -0.119. The Kier molecular flexibility index (Phi) is 5.65. The van der Waals surface area contributed by atoms with Crippen LogP contribution in [0.1, 0.15) is 12.8 Å². The molecule has 0 unspecified atom stereocenters. The number of thioether (sulfide) groups is 1. The number of aromatic nitrogens is 2. The van der Waals surface area contributed by atoms with Crippen molar-refractivity contribution in [3.05, 3.63) is 54.6 Å². The SMILES string of the molecule is O=C(CSc1nc2ccccc2nc1-c1ccccc1)NC[C@@H]1CCCO1. The summed E-state index contributed by atoms with van der Waals surface area (Å²) in [6, 6.07) is 17.8. The van der Waals surface area contributed by atoms with Gasteiger partial charge in [0.15, 0.2) is 0 Å². The molecular weight excluding hydrogens is 358 g/mol. The molecule has 0 bridgehead atoms. The molecule has 6 heteroatoms. The third-order valence-electron chi connectivity index (χ3n) is 4.48. The van der Waals surface area contributed by atoms with E-state index in [9.17, 15) is 4.79 Å². The first-order chi connectivity index (χ1) is 13.3. The number of benzene rings is 2. The second-order valence-electron chi connectivity index (χ2n) is 6.46. The van der Waals surface area contributed by atoms with Gasteiger partial charge in [0.25, 0.3) is 0 Å². The van der Waals surface area contributed by atoms with Gasteiger partial charge in [-0.15, -0.1) is 0 Å². The van der Waals surface area contributed by atoms with Crippen molar-refractivity contribution in [3.8, 4) is 11.3 Å². The van der Waals surface area contributed by atoms with Crippen molar-refractivity contribution in [2.45, 2.75) is 24.0 Å². The highest BCUT2D eigenvalue weighted by atomic mass is 32.2. The van der Waals surface area contributed by atoms with Gasteiger partial charge in [0.2, 0.25) is 5.91 Å². The fourth-order valence-electron chi connectivity index (χ4n) is 3.09. The minimum atomic E-state index is -0.00975. The van der Waals surface area contributed by atoms with Crippen molar-refractivity contribution in [1.82, 2.24) is 15.3 Å². The second kappa shape index (κ2) is 8.50. The highest BCUT2D eigenvalue weighted by Gasteiger charge is 2.17. The second-order valence-corrected chi connectivity index (χ2v) is 7.42.